The number of nitrogens with zero attached hydrogens (tertiary/aromatic N) is 2. The van der Waals surface area contributed by atoms with Gasteiger partial charge in [-0.25, -0.2) is 4.98 Å². The SMILES string of the molecule is CCC(CC)Nc1nc(OC)c(-c2ccc(Cl)cc2Cl)nc1C. The van der Waals surface area contributed by atoms with Gasteiger partial charge in [-0.15, -0.1) is 0 Å². The van der Waals surface area contributed by atoms with Crippen molar-refractivity contribution < 1.29 is 4.74 Å². The first kappa shape index (κ1) is 17.8. The lowest BCUT2D eigenvalue weighted by molar-refractivity contribution is 0.398. The van der Waals surface area contributed by atoms with E-state index in [1.54, 1.807) is 19.2 Å². The zero-order chi connectivity index (χ0) is 17.0. The molecule has 2 aromatic rings. The molecule has 0 fully saturated rings. The summed E-state index contributed by atoms with van der Waals surface area (Å²) in [5.74, 6) is 1.18. The topological polar surface area (TPSA) is 47.0 Å². The highest BCUT2D eigenvalue weighted by Gasteiger charge is 2.17. The Hall–Kier alpha value is -1.52. The molecule has 23 heavy (non-hydrogen) atoms. The molecule has 0 atom stereocenters. The van der Waals surface area contributed by atoms with Gasteiger partial charge in [0.25, 0.3) is 0 Å². The Labute approximate surface area is 147 Å². The molecule has 0 amide bonds. The first-order valence-corrected chi connectivity index (χ1v) is 8.40. The maximum Gasteiger partial charge on any atom is 0.242 e. The Morgan fingerprint density at radius 3 is 2.43 bits per heavy atom. The van der Waals surface area contributed by atoms with Gasteiger partial charge in [0.05, 0.1) is 17.8 Å². The van der Waals surface area contributed by atoms with Gasteiger partial charge in [0.15, 0.2) is 5.82 Å². The summed E-state index contributed by atoms with van der Waals surface area (Å²) in [7, 11) is 1.58. The van der Waals surface area contributed by atoms with Crippen LogP contribution in [-0.2, 0) is 0 Å². The third-order valence-electron chi connectivity index (χ3n) is 3.74. The molecule has 0 spiro atoms. The molecule has 1 aromatic heterocycles. The molecule has 1 aromatic carbocycles. The second kappa shape index (κ2) is 7.84. The van der Waals surface area contributed by atoms with Gasteiger partial charge in [0, 0.05) is 16.6 Å². The van der Waals surface area contributed by atoms with Gasteiger partial charge < -0.3 is 10.1 Å². The van der Waals surface area contributed by atoms with Crippen molar-refractivity contribution in [3.05, 3.63) is 33.9 Å². The van der Waals surface area contributed by atoms with Crippen LogP contribution in [-0.4, -0.2) is 23.1 Å². The number of hydrogen-bond donors (Lipinski definition) is 1. The molecule has 0 saturated carbocycles. The molecule has 124 valence electrons. The van der Waals surface area contributed by atoms with E-state index in [0.29, 0.717) is 27.7 Å². The maximum atomic E-state index is 6.29. The molecule has 0 radical (unpaired) electrons. The normalized spacial score (nSPS) is 10.9. The lowest BCUT2D eigenvalue weighted by Crippen LogP contribution is -2.19. The monoisotopic (exact) mass is 353 g/mol. The van der Waals surface area contributed by atoms with Crippen LogP contribution < -0.4 is 10.1 Å². The summed E-state index contributed by atoms with van der Waals surface area (Å²) >= 11 is 12.3. The highest BCUT2D eigenvalue weighted by atomic mass is 35.5. The van der Waals surface area contributed by atoms with Gasteiger partial charge in [0.1, 0.15) is 5.69 Å². The van der Waals surface area contributed by atoms with E-state index in [1.165, 1.54) is 0 Å². The minimum Gasteiger partial charge on any atom is -0.479 e. The van der Waals surface area contributed by atoms with Crippen LogP contribution in [0.1, 0.15) is 32.4 Å². The quantitative estimate of drug-likeness (QED) is 0.758. The summed E-state index contributed by atoms with van der Waals surface area (Å²) in [5, 5.41) is 4.51. The van der Waals surface area contributed by atoms with Crippen molar-refractivity contribution in [3.63, 3.8) is 0 Å². The highest BCUT2D eigenvalue weighted by Crippen LogP contribution is 2.35. The average Bonchev–Trinajstić information content (AvgIpc) is 2.53. The number of aryl methyl sites for hydroxylation is 1. The third kappa shape index (κ3) is 4.06. The van der Waals surface area contributed by atoms with Crippen molar-refractivity contribution >= 4 is 29.0 Å². The third-order valence-corrected chi connectivity index (χ3v) is 4.29. The van der Waals surface area contributed by atoms with Crippen molar-refractivity contribution in [1.82, 2.24) is 9.97 Å². The second-order valence-corrected chi connectivity index (χ2v) is 6.14. The van der Waals surface area contributed by atoms with E-state index in [0.717, 1.165) is 29.9 Å². The van der Waals surface area contributed by atoms with Crippen LogP contribution in [0.2, 0.25) is 10.0 Å². The number of methoxy groups -OCH3 is 1. The molecule has 6 heteroatoms. The van der Waals surface area contributed by atoms with Crippen molar-refractivity contribution in [2.45, 2.75) is 39.7 Å². The number of hydrogen-bond acceptors (Lipinski definition) is 4. The minimum atomic E-state index is 0.359. The molecule has 4 nitrogen and oxygen atoms in total. The van der Waals surface area contributed by atoms with Gasteiger partial charge in [-0.3, -0.25) is 0 Å². The summed E-state index contributed by atoms with van der Waals surface area (Å²) in [6.45, 7) is 6.20. The van der Waals surface area contributed by atoms with Crippen molar-refractivity contribution in [2.75, 3.05) is 12.4 Å². The molecule has 0 bridgehead atoms. The van der Waals surface area contributed by atoms with Gasteiger partial charge in [0.2, 0.25) is 5.88 Å². The number of rotatable bonds is 6. The van der Waals surface area contributed by atoms with E-state index in [9.17, 15) is 0 Å². The zero-order valence-corrected chi connectivity index (χ0v) is 15.3. The van der Waals surface area contributed by atoms with Crippen LogP contribution in [0.3, 0.4) is 0 Å². The smallest absolute Gasteiger partial charge is 0.242 e. The number of aromatic nitrogens is 2. The van der Waals surface area contributed by atoms with E-state index in [4.69, 9.17) is 27.9 Å². The van der Waals surface area contributed by atoms with E-state index in [1.807, 2.05) is 13.0 Å². The van der Waals surface area contributed by atoms with Crippen LogP contribution in [0.25, 0.3) is 11.3 Å². The summed E-state index contributed by atoms with van der Waals surface area (Å²) < 4.78 is 5.42. The predicted octanol–water partition coefficient (Wildman–Crippen LogP) is 5.37. The maximum absolute atomic E-state index is 6.29. The predicted molar refractivity (Wildman–Crippen MR) is 96.8 cm³/mol. The molecule has 0 aliphatic heterocycles. The van der Waals surface area contributed by atoms with E-state index in [2.05, 4.69) is 29.1 Å². The fourth-order valence-electron chi connectivity index (χ4n) is 2.33. The second-order valence-electron chi connectivity index (χ2n) is 5.30. The van der Waals surface area contributed by atoms with Crippen molar-refractivity contribution in [2.24, 2.45) is 0 Å². The first-order chi connectivity index (χ1) is 11.0. The summed E-state index contributed by atoms with van der Waals surface area (Å²) in [6.07, 6.45) is 2.04. The number of halogens is 2. The molecule has 0 aliphatic carbocycles. The van der Waals surface area contributed by atoms with Crippen molar-refractivity contribution in [1.29, 1.82) is 0 Å². The zero-order valence-electron chi connectivity index (χ0n) is 13.8. The fourth-order valence-corrected chi connectivity index (χ4v) is 2.82. The van der Waals surface area contributed by atoms with Crippen LogP contribution in [0, 0.1) is 6.92 Å². The van der Waals surface area contributed by atoms with E-state index >= 15 is 0 Å². The molecule has 1 heterocycles. The molecule has 0 saturated heterocycles. The Morgan fingerprint density at radius 1 is 1.17 bits per heavy atom. The lowest BCUT2D eigenvalue weighted by Gasteiger charge is -2.18. The molecular weight excluding hydrogens is 333 g/mol. The van der Waals surface area contributed by atoms with Gasteiger partial charge in [-0.05, 0) is 38.0 Å². The van der Waals surface area contributed by atoms with E-state index < -0.39 is 0 Å². The first-order valence-electron chi connectivity index (χ1n) is 7.64. The van der Waals surface area contributed by atoms with Gasteiger partial charge >= 0.3 is 0 Å². The number of ether oxygens (including phenoxy) is 1. The molecule has 1 N–H and O–H groups in total. The average molecular weight is 354 g/mol. The number of nitrogens with one attached hydrogen (secondary N) is 1. The van der Waals surface area contributed by atoms with Crippen LogP contribution in [0.4, 0.5) is 5.82 Å². The summed E-state index contributed by atoms with van der Waals surface area (Å²) in [4.78, 5) is 9.23. The number of benzene rings is 1. The van der Waals surface area contributed by atoms with Gasteiger partial charge in [-0.1, -0.05) is 37.0 Å². The summed E-state index contributed by atoms with van der Waals surface area (Å²) in [5.41, 5.74) is 2.16. The Balaban J connectivity index is 2.48. The van der Waals surface area contributed by atoms with E-state index in [-0.39, 0.29) is 0 Å². The largest absolute Gasteiger partial charge is 0.479 e. The summed E-state index contributed by atoms with van der Waals surface area (Å²) in [6, 6.07) is 5.64. The number of anilines is 1. The fraction of sp³-hybridized carbons (Fsp3) is 0.412. The van der Waals surface area contributed by atoms with Crippen LogP contribution >= 0.6 is 23.2 Å². The molecule has 0 unspecified atom stereocenters. The Morgan fingerprint density at radius 2 is 1.87 bits per heavy atom. The molecule has 0 aliphatic rings. The highest BCUT2D eigenvalue weighted by molar-refractivity contribution is 6.36. The van der Waals surface area contributed by atoms with Gasteiger partial charge in [-0.2, -0.15) is 4.98 Å². The van der Waals surface area contributed by atoms with Crippen molar-refractivity contribution in [3.8, 4) is 17.1 Å². The lowest BCUT2D eigenvalue weighted by atomic mass is 10.1. The standard InChI is InChI=1S/C17H21Cl2N3O/c1-5-12(6-2)21-16-10(3)20-15(17(22-16)23-4)13-8-7-11(18)9-14(13)19/h7-9,12H,5-6H2,1-4H3,(H,21,22). The van der Waals surface area contributed by atoms with Crippen LogP contribution in [0.5, 0.6) is 5.88 Å². The van der Waals surface area contributed by atoms with Crippen LogP contribution in [0.15, 0.2) is 18.2 Å². The molecular formula is C17H21Cl2N3O. The molecule has 2 rings (SSSR count). The Kier molecular flexibility index (Phi) is 6.08. The Bertz CT molecular complexity index is 688. The minimum absolute atomic E-state index is 0.359.